The van der Waals surface area contributed by atoms with Crippen molar-refractivity contribution in [3.05, 3.63) is 24.0 Å². The number of nitrogens with zero attached hydrogens (tertiary/aromatic N) is 2. The Morgan fingerprint density at radius 2 is 2.20 bits per heavy atom. The smallest absolute Gasteiger partial charge is 0.257 e. The summed E-state index contributed by atoms with van der Waals surface area (Å²) in [5.41, 5.74) is 3.78. The number of carbonyl (C=O) groups is 1. The quantitative estimate of drug-likeness (QED) is 0.640. The van der Waals surface area contributed by atoms with Crippen LogP contribution in [0.3, 0.4) is 0 Å². The molecule has 5 nitrogen and oxygen atoms in total. The molecule has 1 aliphatic carbocycles. The molecule has 1 aromatic heterocycles. The van der Waals surface area contributed by atoms with Gasteiger partial charge in [-0.15, -0.1) is 0 Å². The number of nitrogen functional groups attached to an aromatic ring is 1. The lowest BCUT2D eigenvalue weighted by atomic mass is 10.1. The molecule has 5 heteroatoms. The summed E-state index contributed by atoms with van der Waals surface area (Å²) >= 11 is 0. The van der Waals surface area contributed by atoms with Gasteiger partial charge in [0.25, 0.3) is 5.91 Å². The average Bonchev–Trinajstić information content (AvgIpc) is 2.97. The number of nitrogens with two attached hydrogens (primary N) is 1. The number of hydrazine groups is 1. The van der Waals surface area contributed by atoms with Gasteiger partial charge in [-0.05, 0) is 24.8 Å². The molecule has 1 aromatic rings. The molecule has 0 spiro atoms. The summed E-state index contributed by atoms with van der Waals surface area (Å²) in [6.45, 7) is 5.06. The predicted molar refractivity (Wildman–Crippen MR) is 80.2 cm³/mol. The van der Waals surface area contributed by atoms with Crippen LogP contribution < -0.4 is 11.3 Å². The first-order valence-corrected chi connectivity index (χ1v) is 7.35. The molecule has 110 valence electrons. The third-order valence-corrected chi connectivity index (χ3v) is 3.80. The maximum Gasteiger partial charge on any atom is 0.257 e. The fourth-order valence-corrected chi connectivity index (χ4v) is 2.85. The second kappa shape index (κ2) is 6.70. The second-order valence-corrected chi connectivity index (χ2v) is 5.86. The minimum absolute atomic E-state index is 0.0339. The number of rotatable bonds is 5. The van der Waals surface area contributed by atoms with Crippen LogP contribution in [-0.2, 0) is 0 Å². The molecule has 0 unspecified atom stereocenters. The van der Waals surface area contributed by atoms with Crippen LogP contribution >= 0.6 is 0 Å². The van der Waals surface area contributed by atoms with E-state index in [4.69, 9.17) is 5.84 Å². The summed E-state index contributed by atoms with van der Waals surface area (Å²) in [5, 5.41) is 0. The monoisotopic (exact) mass is 276 g/mol. The lowest BCUT2D eigenvalue weighted by Crippen LogP contribution is -2.41. The topological polar surface area (TPSA) is 71.2 Å². The van der Waals surface area contributed by atoms with Crippen molar-refractivity contribution in [3.63, 3.8) is 0 Å². The molecule has 3 N–H and O–H groups in total. The summed E-state index contributed by atoms with van der Waals surface area (Å²) in [7, 11) is 0. The Kier molecular flexibility index (Phi) is 4.95. The molecule has 2 rings (SSSR count). The van der Waals surface area contributed by atoms with Crippen LogP contribution in [0.5, 0.6) is 0 Å². The Hall–Kier alpha value is -1.62. The third kappa shape index (κ3) is 3.28. The van der Waals surface area contributed by atoms with Crippen LogP contribution in [0, 0.1) is 5.92 Å². The highest BCUT2D eigenvalue weighted by Crippen LogP contribution is 2.27. The zero-order chi connectivity index (χ0) is 14.5. The van der Waals surface area contributed by atoms with E-state index in [1.165, 1.54) is 12.8 Å². The summed E-state index contributed by atoms with van der Waals surface area (Å²) in [4.78, 5) is 18.9. The van der Waals surface area contributed by atoms with E-state index in [9.17, 15) is 4.79 Å². The molecule has 0 radical (unpaired) electrons. The number of hydrogen-bond acceptors (Lipinski definition) is 4. The van der Waals surface area contributed by atoms with Crippen molar-refractivity contribution in [1.29, 1.82) is 0 Å². The van der Waals surface area contributed by atoms with Crippen LogP contribution in [0.4, 0.5) is 5.69 Å². The maximum atomic E-state index is 12.8. The minimum atomic E-state index is 0.0339. The molecule has 0 atom stereocenters. The molecule has 20 heavy (non-hydrogen) atoms. The number of anilines is 1. The van der Waals surface area contributed by atoms with Gasteiger partial charge in [0.15, 0.2) is 0 Å². The van der Waals surface area contributed by atoms with Crippen LogP contribution in [0.1, 0.15) is 49.9 Å². The van der Waals surface area contributed by atoms with Crippen molar-refractivity contribution in [2.24, 2.45) is 11.8 Å². The van der Waals surface area contributed by atoms with Gasteiger partial charge in [-0.2, -0.15) is 0 Å². The Bertz CT molecular complexity index is 455. The molecule has 0 bridgehead atoms. The van der Waals surface area contributed by atoms with E-state index in [1.54, 1.807) is 18.5 Å². The number of hydrogen-bond donors (Lipinski definition) is 2. The first kappa shape index (κ1) is 14.8. The van der Waals surface area contributed by atoms with Crippen molar-refractivity contribution in [3.8, 4) is 0 Å². The van der Waals surface area contributed by atoms with Gasteiger partial charge >= 0.3 is 0 Å². The molecule has 0 aromatic carbocycles. The zero-order valence-electron chi connectivity index (χ0n) is 12.3. The van der Waals surface area contributed by atoms with E-state index in [0.29, 0.717) is 23.2 Å². The Morgan fingerprint density at radius 1 is 1.50 bits per heavy atom. The first-order valence-electron chi connectivity index (χ1n) is 7.35. The number of carbonyl (C=O) groups excluding carboxylic acids is 1. The van der Waals surface area contributed by atoms with Gasteiger partial charge in [0.1, 0.15) is 0 Å². The fourth-order valence-electron chi connectivity index (χ4n) is 2.85. The SMILES string of the molecule is CC(C)CN(C(=O)c1cnccc1NN)C1CCCC1. The molecular weight excluding hydrogens is 252 g/mol. The van der Waals surface area contributed by atoms with Crippen LogP contribution in [0.25, 0.3) is 0 Å². The van der Waals surface area contributed by atoms with Gasteiger partial charge in [0, 0.05) is 25.0 Å². The van der Waals surface area contributed by atoms with Gasteiger partial charge in [-0.1, -0.05) is 26.7 Å². The summed E-state index contributed by atoms with van der Waals surface area (Å²) in [6, 6.07) is 2.09. The lowest BCUT2D eigenvalue weighted by Gasteiger charge is -2.31. The van der Waals surface area contributed by atoms with Gasteiger partial charge in [0.05, 0.1) is 11.3 Å². The Labute approximate surface area is 120 Å². The summed E-state index contributed by atoms with van der Waals surface area (Å²) in [5.74, 6) is 5.98. The maximum absolute atomic E-state index is 12.8. The molecule has 1 heterocycles. The molecule has 1 aliphatic rings. The van der Waals surface area contributed by atoms with E-state index in [1.807, 2.05) is 4.90 Å². The highest BCUT2D eigenvalue weighted by atomic mass is 16.2. The van der Waals surface area contributed by atoms with Gasteiger partial charge in [-0.25, -0.2) is 0 Å². The number of pyridine rings is 1. The average molecular weight is 276 g/mol. The van der Waals surface area contributed by atoms with Gasteiger partial charge < -0.3 is 10.3 Å². The third-order valence-electron chi connectivity index (χ3n) is 3.80. The molecule has 1 fully saturated rings. The lowest BCUT2D eigenvalue weighted by molar-refractivity contribution is 0.0656. The van der Waals surface area contributed by atoms with Crippen molar-refractivity contribution >= 4 is 11.6 Å². The van der Waals surface area contributed by atoms with E-state index in [-0.39, 0.29) is 5.91 Å². The molecular formula is C15H24N4O. The fraction of sp³-hybridized carbons (Fsp3) is 0.600. The Balaban J connectivity index is 2.25. The highest BCUT2D eigenvalue weighted by molar-refractivity contribution is 5.99. The van der Waals surface area contributed by atoms with Crippen LogP contribution in [0.2, 0.25) is 0 Å². The van der Waals surface area contributed by atoms with Gasteiger partial charge in [0.2, 0.25) is 0 Å². The second-order valence-electron chi connectivity index (χ2n) is 5.86. The van der Waals surface area contributed by atoms with Crippen molar-refractivity contribution in [2.45, 2.75) is 45.6 Å². The molecule has 0 aliphatic heterocycles. The van der Waals surface area contributed by atoms with Crippen molar-refractivity contribution < 1.29 is 4.79 Å². The van der Waals surface area contributed by atoms with E-state index in [2.05, 4.69) is 24.3 Å². The van der Waals surface area contributed by atoms with Gasteiger partial charge in [-0.3, -0.25) is 15.6 Å². The first-order chi connectivity index (χ1) is 9.63. The molecule has 0 saturated heterocycles. The standard InChI is InChI=1S/C15H24N4O/c1-11(2)10-19(12-5-3-4-6-12)15(20)13-9-17-8-7-14(13)18-16/h7-9,11-12H,3-6,10,16H2,1-2H3,(H,17,18). The number of aromatic nitrogens is 1. The minimum Gasteiger partial charge on any atom is -0.335 e. The van der Waals surface area contributed by atoms with Crippen molar-refractivity contribution in [2.75, 3.05) is 12.0 Å². The van der Waals surface area contributed by atoms with Crippen LogP contribution in [0.15, 0.2) is 18.5 Å². The molecule has 1 amide bonds. The summed E-state index contributed by atoms with van der Waals surface area (Å²) < 4.78 is 0. The van der Waals surface area contributed by atoms with E-state index >= 15 is 0 Å². The highest BCUT2D eigenvalue weighted by Gasteiger charge is 2.29. The number of nitrogens with one attached hydrogen (secondary N) is 1. The van der Waals surface area contributed by atoms with Crippen molar-refractivity contribution in [1.82, 2.24) is 9.88 Å². The zero-order valence-corrected chi connectivity index (χ0v) is 12.3. The number of amides is 1. The van der Waals surface area contributed by atoms with E-state index in [0.717, 1.165) is 19.4 Å². The van der Waals surface area contributed by atoms with Crippen LogP contribution in [-0.4, -0.2) is 28.4 Å². The summed E-state index contributed by atoms with van der Waals surface area (Å²) in [6.07, 6.45) is 7.85. The molecule has 1 saturated carbocycles. The van der Waals surface area contributed by atoms with E-state index < -0.39 is 0 Å². The Morgan fingerprint density at radius 3 is 2.80 bits per heavy atom. The predicted octanol–water partition coefficient (Wildman–Crippen LogP) is 2.41. The normalized spacial score (nSPS) is 15.6. The largest absolute Gasteiger partial charge is 0.335 e.